The Morgan fingerprint density at radius 1 is 1.28 bits per heavy atom. The van der Waals surface area contributed by atoms with Gasteiger partial charge >= 0.3 is 5.97 Å². The van der Waals surface area contributed by atoms with Crippen LogP contribution in [0.25, 0.3) is 0 Å². The predicted molar refractivity (Wildman–Crippen MR) is 92.3 cm³/mol. The molecule has 4 aliphatic rings. The molecule has 6 nitrogen and oxygen atoms in total. The maximum atomic E-state index is 12.8. The molecule has 5 rings (SSSR count). The van der Waals surface area contributed by atoms with Crippen LogP contribution in [0.4, 0.5) is 0 Å². The van der Waals surface area contributed by atoms with E-state index >= 15 is 0 Å². The van der Waals surface area contributed by atoms with Crippen molar-refractivity contribution in [1.29, 1.82) is 0 Å². The molecule has 0 spiro atoms. The summed E-state index contributed by atoms with van der Waals surface area (Å²) in [6, 6.07) is 0.108. The van der Waals surface area contributed by atoms with Crippen molar-refractivity contribution >= 4 is 11.9 Å². The maximum Gasteiger partial charge on any atom is 0.339 e. The Hall–Kier alpha value is -1.85. The highest BCUT2D eigenvalue weighted by Gasteiger charge is 2.54. The summed E-state index contributed by atoms with van der Waals surface area (Å²) in [7, 11) is 1.64. The first kappa shape index (κ1) is 16.6. The first-order valence-corrected chi connectivity index (χ1v) is 9.48. The molecule has 1 heterocycles. The van der Waals surface area contributed by atoms with E-state index in [-0.39, 0.29) is 28.6 Å². The molecule has 1 unspecified atom stereocenters. The quantitative estimate of drug-likeness (QED) is 0.859. The lowest BCUT2D eigenvalue weighted by molar-refractivity contribution is -0.0727. The van der Waals surface area contributed by atoms with Gasteiger partial charge in [0, 0.05) is 19.3 Å². The van der Waals surface area contributed by atoms with E-state index < -0.39 is 5.97 Å². The van der Waals surface area contributed by atoms with Crippen molar-refractivity contribution in [3.63, 3.8) is 0 Å². The van der Waals surface area contributed by atoms with Crippen LogP contribution in [0.15, 0.2) is 6.20 Å². The molecule has 0 aromatic carbocycles. The average Bonchev–Trinajstić information content (AvgIpc) is 2.93. The van der Waals surface area contributed by atoms with E-state index in [1.54, 1.807) is 7.05 Å². The molecule has 6 heteroatoms. The van der Waals surface area contributed by atoms with Crippen LogP contribution < -0.4 is 5.32 Å². The number of amides is 1. The molecule has 25 heavy (non-hydrogen) atoms. The van der Waals surface area contributed by atoms with Gasteiger partial charge in [-0.3, -0.25) is 9.48 Å². The third-order valence-electron chi connectivity index (χ3n) is 6.81. The molecular formula is C19H27N3O3. The van der Waals surface area contributed by atoms with Crippen molar-refractivity contribution in [3.8, 4) is 0 Å². The Morgan fingerprint density at radius 2 is 1.84 bits per heavy atom. The third kappa shape index (κ3) is 2.75. The minimum Gasteiger partial charge on any atom is -0.478 e. The van der Waals surface area contributed by atoms with Crippen LogP contribution in [0.2, 0.25) is 0 Å². The van der Waals surface area contributed by atoms with E-state index in [2.05, 4.69) is 17.3 Å². The summed E-state index contributed by atoms with van der Waals surface area (Å²) in [5.74, 6) is 1.01. The van der Waals surface area contributed by atoms with Crippen LogP contribution in [-0.2, 0) is 7.05 Å². The Bertz CT molecular complexity index is 673. The molecule has 0 aliphatic heterocycles. The van der Waals surface area contributed by atoms with E-state index in [1.807, 2.05) is 0 Å². The monoisotopic (exact) mass is 345 g/mol. The summed E-state index contributed by atoms with van der Waals surface area (Å²) in [6.45, 7) is 2.13. The van der Waals surface area contributed by atoms with Gasteiger partial charge in [-0.2, -0.15) is 5.10 Å². The van der Waals surface area contributed by atoms with Gasteiger partial charge in [0.1, 0.15) is 5.56 Å². The molecule has 136 valence electrons. The lowest BCUT2D eigenvalue weighted by Crippen LogP contribution is -2.56. The van der Waals surface area contributed by atoms with E-state index in [1.165, 1.54) is 49.4 Å². The minimum atomic E-state index is -1.11. The smallest absolute Gasteiger partial charge is 0.339 e. The second-order valence-electron chi connectivity index (χ2n) is 8.58. The van der Waals surface area contributed by atoms with Crippen LogP contribution in [0.5, 0.6) is 0 Å². The molecule has 4 bridgehead atoms. The Morgan fingerprint density at radius 3 is 2.32 bits per heavy atom. The van der Waals surface area contributed by atoms with Gasteiger partial charge in [0.15, 0.2) is 5.69 Å². The zero-order valence-electron chi connectivity index (χ0n) is 15.0. The zero-order chi connectivity index (χ0) is 17.8. The number of rotatable bonds is 5. The normalized spacial score (nSPS) is 34.1. The molecule has 1 aromatic rings. The molecule has 0 radical (unpaired) electrons. The number of carbonyl (C=O) groups excluding carboxylic acids is 1. The van der Waals surface area contributed by atoms with E-state index in [4.69, 9.17) is 0 Å². The number of carbonyl (C=O) groups is 2. The van der Waals surface area contributed by atoms with Gasteiger partial charge in [-0.05, 0) is 68.1 Å². The van der Waals surface area contributed by atoms with Gasteiger partial charge in [0.25, 0.3) is 5.91 Å². The van der Waals surface area contributed by atoms with Gasteiger partial charge in [-0.25, -0.2) is 4.79 Å². The number of hydrogen-bond donors (Lipinski definition) is 2. The number of nitrogens with one attached hydrogen (secondary N) is 1. The van der Waals surface area contributed by atoms with Crippen molar-refractivity contribution in [3.05, 3.63) is 17.5 Å². The van der Waals surface area contributed by atoms with Crippen LogP contribution >= 0.6 is 0 Å². The highest BCUT2D eigenvalue weighted by molar-refractivity contribution is 6.03. The number of aromatic carboxylic acids is 1. The number of hydrogen-bond acceptors (Lipinski definition) is 3. The van der Waals surface area contributed by atoms with Crippen LogP contribution in [0, 0.1) is 23.2 Å². The van der Waals surface area contributed by atoms with Crippen molar-refractivity contribution in [2.75, 3.05) is 0 Å². The molecule has 4 aliphatic carbocycles. The lowest BCUT2D eigenvalue weighted by atomic mass is 9.47. The fourth-order valence-electron chi connectivity index (χ4n) is 6.33. The van der Waals surface area contributed by atoms with Crippen LogP contribution in [0.1, 0.15) is 72.7 Å². The molecule has 4 fully saturated rings. The van der Waals surface area contributed by atoms with Crippen molar-refractivity contribution in [2.45, 2.75) is 57.9 Å². The average molecular weight is 345 g/mol. The Balaban J connectivity index is 1.57. The summed E-state index contributed by atoms with van der Waals surface area (Å²) < 4.78 is 1.39. The van der Waals surface area contributed by atoms with Crippen molar-refractivity contribution in [1.82, 2.24) is 15.1 Å². The van der Waals surface area contributed by atoms with Gasteiger partial charge in [-0.15, -0.1) is 0 Å². The number of carboxylic acids is 1. The predicted octanol–water partition coefficient (Wildman–Crippen LogP) is 2.84. The van der Waals surface area contributed by atoms with Gasteiger partial charge in [-0.1, -0.05) is 6.92 Å². The lowest BCUT2D eigenvalue weighted by Gasteiger charge is -2.59. The summed E-state index contributed by atoms with van der Waals surface area (Å²) in [5, 5.41) is 16.6. The molecule has 1 atom stereocenters. The SMILES string of the molecule is CCC(NC(=O)c1nn(C)cc1C(=O)O)C12CC3CC(CC(C3)C1)C2. The summed E-state index contributed by atoms with van der Waals surface area (Å²) in [6.07, 6.45) is 10.0. The maximum absolute atomic E-state index is 12.8. The van der Waals surface area contributed by atoms with Crippen molar-refractivity contribution < 1.29 is 14.7 Å². The highest BCUT2D eigenvalue weighted by atomic mass is 16.4. The van der Waals surface area contributed by atoms with Crippen molar-refractivity contribution in [2.24, 2.45) is 30.2 Å². The van der Waals surface area contributed by atoms with E-state index in [9.17, 15) is 14.7 Å². The van der Waals surface area contributed by atoms with Gasteiger partial charge < -0.3 is 10.4 Å². The topological polar surface area (TPSA) is 84.2 Å². The second kappa shape index (κ2) is 5.85. The first-order valence-electron chi connectivity index (χ1n) is 9.48. The number of aromatic nitrogens is 2. The number of nitrogens with zero attached hydrogens (tertiary/aromatic N) is 2. The van der Waals surface area contributed by atoms with E-state index in [0.29, 0.717) is 0 Å². The Labute approximate surface area is 148 Å². The van der Waals surface area contributed by atoms with E-state index in [0.717, 1.165) is 24.2 Å². The molecular weight excluding hydrogens is 318 g/mol. The van der Waals surface area contributed by atoms with Crippen LogP contribution in [0.3, 0.4) is 0 Å². The fourth-order valence-corrected chi connectivity index (χ4v) is 6.33. The van der Waals surface area contributed by atoms with Gasteiger partial charge in [0.2, 0.25) is 0 Å². The van der Waals surface area contributed by atoms with Gasteiger partial charge in [0.05, 0.1) is 0 Å². The zero-order valence-corrected chi connectivity index (χ0v) is 15.0. The summed E-state index contributed by atoms with van der Waals surface area (Å²) >= 11 is 0. The standard InChI is InChI=1S/C19H27N3O3/c1-3-15(19-7-11-4-12(8-19)6-13(5-11)9-19)20-17(23)16-14(18(24)25)10-22(2)21-16/h10-13,15H,3-9H2,1-2H3,(H,20,23)(H,24,25). The largest absolute Gasteiger partial charge is 0.478 e. The summed E-state index contributed by atoms with van der Waals surface area (Å²) in [4.78, 5) is 24.2. The molecule has 0 saturated heterocycles. The Kier molecular flexibility index (Phi) is 3.89. The third-order valence-corrected chi connectivity index (χ3v) is 6.81. The molecule has 4 saturated carbocycles. The fraction of sp³-hybridized carbons (Fsp3) is 0.737. The molecule has 2 N–H and O–H groups in total. The first-order chi connectivity index (χ1) is 11.9. The molecule has 1 aromatic heterocycles. The minimum absolute atomic E-state index is 0.0261. The van der Waals surface area contributed by atoms with Crippen LogP contribution in [-0.4, -0.2) is 32.8 Å². The summed E-state index contributed by atoms with van der Waals surface area (Å²) in [5.41, 5.74) is 0.204. The number of carboxylic acid groups (broad SMARTS) is 1. The second-order valence-corrected chi connectivity index (χ2v) is 8.58. The number of aryl methyl sites for hydroxylation is 1. The highest BCUT2D eigenvalue weighted by Crippen LogP contribution is 2.61. The molecule has 1 amide bonds.